The summed E-state index contributed by atoms with van der Waals surface area (Å²) in [4.78, 5) is 2.41. The smallest absolute Gasteiger partial charge is 0.0467 e. The van der Waals surface area contributed by atoms with E-state index in [1.807, 2.05) is 0 Å². The minimum absolute atomic E-state index is 1.13. The summed E-state index contributed by atoms with van der Waals surface area (Å²) < 4.78 is 0. The SMILES string of the molecule is C(=Cc1cccc(N(c2cccc(C=CC=C(c3ccccc3)c3ccccc3)c2)c2ccc3c(c2)CCCC3)c1)C=C(c1ccccc1)c1ccccc1. The van der Waals surface area contributed by atoms with E-state index in [4.69, 9.17) is 0 Å². The molecule has 0 N–H and O–H groups in total. The van der Waals surface area contributed by atoms with Crippen LogP contribution in [-0.4, -0.2) is 0 Å². The third kappa shape index (κ3) is 8.75. The number of rotatable bonds is 11. The number of hydrogen-bond donors (Lipinski definition) is 0. The average Bonchev–Trinajstić information content (AvgIpc) is 3.25. The number of fused-ring (bicyclic) bond motifs is 1. The van der Waals surface area contributed by atoms with Gasteiger partial charge in [-0.05, 0) is 118 Å². The van der Waals surface area contributed by atoms with Crippen molar-refractivity contribution in [2.75, 3.05) is 4.90 Å². The van der Waals surface area contributed by atoms with Crippen LogP contribution in [0.5, 0.6) is 0 Å². The Morgan fingerprint density at radius 1 is 0.364 bits per heavy atom. The van der Waals surface area contributed by atoms with E-state index in [1.165, 1.54) is 69.5 Å². The molecule has 1 aliphatic carbocycles. The van der Waals surface area contributed by atoms with Crippen LogP contribution in [0.1, 0.15) is 57.3 Å². The predicted molar refractivity (Wildman–Crippen MR) is 236 cm³/mol. The van der Waals surface area contributed by atoms with Gasteiger partial charge in [-0.25, -0.2) is 0 Å². The topological polar surface area (TPSA) is 3.24 Å². The van der Waals surface area contributed by atoms with Gasteiger partial charge < -0.3 is 4.90 Å². The van der Waals surface area contributed by atoms with Crippen LogP contribution in [0.3, 0.4) is 0 Å². The number of benzene rings is 7. The molecule has 0 aromatic heterocycles. The summed E-state index contributed by atoms with van der Waals surface area (Å²) in [6, 6.07) is 67.3. The predicted octanol–water partition coefficient (Wildman–Crippen LogP) is 14.3. The van der Waals surface area contributed by atoms with E-state index < -0.39 is 0 Å². The monoisotopic (exact) mass is 707 g/mol. The zero-order chi connectivity index (χ0) is 37.1. The summed E-state index contributed by atoms with van der Waals surface area (Å²) in [6.07, 6.45) is 18.1. The van der Waals surface area contributed by atoms with Gasteiger partial charge in [-0.3, -0.25) is 0 Å². The zero-order valence-electron chi connectivity index (χ0n) is 31.1. The first-order valence-corrected chi connectivity index (χ1v) is 19.4. The summed E-state index contributed by atoms with van der Waals surface area (Å²) >= 11 is 0. The molecule has 7 aromatic rings. The van der Waals surface area contributed by atoms with Crippen LogP contribution in [0.25, 0.3) is 23.3 Å². The molecule has 0 radical (unpaired) electrons. The molecule has 0 amide bonds. The lowest BCUT2D eigenvalue weighted by atomic mass is 9.91. The van der Waals surface area contributed by atoms with Gasteiger partial charge in [0, 0.05) is 17.1 Å². The van der Waals surface area contributed by atoms with Gasteiger partial charge in [0.15, 0.2) is 0 Å². The Balaban J connectivity index is 1.14. The Morgan fingerprint density at radius 2 is 0.764 bits per heavy atom. The van der Waals surface area contributed by atoms with Crippen molar-refractivity contribution in [2.24, 2.45) is 0 Å². The summed E-state index contributed by atoms with van der Waals surface area (Å²) in [6.45, 7) is 0. The molecule has 0 unspecified atom stereocenters. The molecular weight excluding hydrogens is 663 g/mol. The maximum atomic E-state index is 2.42. The molecule has 0 aliphatic heterocycles. The van der Waals surface area contributed by atoms with Crippen LogP contribution in [0.4, 0.5) is 17.1 Å². The fourth-order valence-corrected chi connectivity index (χ4v) is 7.54. The van der Waals surface area contributed by atoms with Crippen molar-refractivity contribution in [3.8, 4) is 0 Å². The second-order valence-electron chi connectivity index (χ2n) is 14.0. The first kappa shape index (κ1) is 35.3. The summed E-state index contributed by atoms with van der Waals surface area (Å²) in [5, 5.41) is 0. The van der Waals surface area contributed by atoms with Gasteiger partial charge in [0.1, 0.15) is 0 Å². The molecule has 0 saturated carbocycles. The Bertz CT molecular complexity index is 2220. The molecule has 1 aliphatic rings. The molecule has 0 saturated heterocycles. The van der Waals surface area contributed by atoms with E-state index in [0.717, 1.165) is 28.9 Å². The first-order chi connectivity index (χ1) is 27.3. The molecule has 0 fully saturated rings. The fourth-order valence-electron chi connectivity index (χ4n) is 7.54. The van der Waals surface area contributed by atoms with Crippen molar-refractivity contribution in [1.82, 2.24) is 0 Å². The average molecular weight is 708 g/mol. The highest BCUT2D eigenvalue weighted by molar-refractivity contribution is 5.84. The summed E-state index contributed by atoms with van der Waals surface area (Å²) in [5.41, 5.74) is 15.9. The molecule has 1 heteroatoms. The van der Waals surface area contributed by atoms with Gasteiger partial charge in [0.25, 0.3) is 0 Å². The normalized spacial score (nSPS) is 12.3. The van der Waals surface area contributed by atoms with Crippen LogP contribution in [-0.2, 0) is 12.8 Å². The molecular formula is C54H45N. The second-order valence-corrected chi connectivity index (χ2v) is 14.0. The van der Waals surface area contributed by atoms with Gasteiger partial charge in [-0.2, -0.15) is 0 Å². The number of aryl methyl sites for hydroxylation is 2. The number of hydrogen-bond acceptors (Lipinski definition) is 1. The van der Waals surface area contributed by atoms with Crippen molar-refractivity contribution in [3.05, 3.63) is 257 Å². The molecule has 55 heavy (non-hydrogen) atoms. The molecule has 0 bridgehead atoms. The molecule has 7 aromatic carbocycles. The second kappa shape index (κ2) is 17.4. The lowest BCUT2D eigenvalue weighted by Gasteiger charge is -2.28. The van der Waals surface area contributed by atoms with Crippen molar-refractivity contribution in [3.63, 3.8) is 0 Å². The first-order valence-electron chi connectivity index (χ1n) is 19.4. The summed E-state index contributed by atoms with van der Waals surface area (Å²) in [5.74, 6) is 0. The van der Waals surface area contributed by atoms with E-state index in [-0.39, 0.29) is 0 Å². The highest BCUT2D eigenvalue weighted by atomic mass is 15.1. The Morgan fingerprint density at radius 3 is 1.20 bits per heavy atom. The minimum Gasteiger partial charge on any atom is -0.310 e. The molecule has 0 atom stereocenters. The number of nitrogens with zero attached hydrogens (tertiary/aromatic N) is 1. The highest BCUT2D eigenvalue weighted by Crippen LogP contribution is 2.38. The van der Waals surface area contributed by atoms with Crippen LogP contribution in [0.15, 0.2) is 212 Å². The van der Waals surface area contributed by atoms with Crippen LogP contribution >= 0.6 is 0 Å². The third-order valence-electron chi connectivity index (χ3n) is 10.3. The largest absolute Gasteiger partial charge is 0.310 e. The number of anilines is 3. The van der Waals surface area contributed by atoms with Crippen molar-refractivity contribution < 1.29 is 0 Å². The fraction of sp³-hybridized carbons (Fsp3) is 0.0741. The van der Waals surface area contributed by atoms with Crippen LogP contribution in [0.2, 0.25) is 0 Å². The maximum absolute atomic E-state index is 2.42. The van der Waals surface area contributed by atoms with Crippen LogP contribution < -0.4 is 4.90 Å². The lowest BCUT2D eigenvalue weighted by Crippen LogP contribution is -2.12. The van der Waals surface area contributed by atoms with E-state index in [0.29, 0.717) is 0 Å². The standard InChI is InChI=1S/C54H45N/c1-5-24-45(25-6-1)53(46-26-7-2-8-27-46)35-17-21-42-19-15-33-50(39-42)55(52-38-37-44-23-13-14-32-49(44)41-52)51-34-16-20-43(40-51)22-18-36-54(47-28-9-3-10-29-47)48-30-11-4-12-31-48/h1-12,15-22,24-31,33-41H,13-14,23,32H2. The zero-order valence-corrected chi connectivity index (χ0v) is 31.1. The Kier molecular flexibility index (Phi) is 11.2. The van der Waals surface area contributed by atoms with Crippen molar-refractivity contribution in [1.29, 1.82) is 0 Å². The van der Waals surface area contributed by atoms with E-state index >= 15 is 0 Å². The number of allylic oxidation sites excluding steroid dienone is 4. The molecule has 0 heterocycles. The van der Waals surface area contributed by atoms with E-state index in [2.05, 4.69) is 229 Å². The maximum Gasteiger partial charge on any atom is 0.0467 e. The minimum atomic E-state index is 1.13. The third-order valence-corrected chi connectivity index (χ3v) is 10.3. The summed E-state index contributed by atoms with van der Waals surface area (Å²) in [7, 11) is 0. The van der Waals surface area contributed by atoms with E-state index in [1.54, 1.807) is 0 Å². The quantitative estimate of drug-likeness (QED) is 0.121. The van der Waals surface area contributed by atoms with Gasteiger partial charge in [0.05, 0.1) is 0 Å². The van der Waals surface area contributed by atoms with Gasteiger partial charge in [0.2, 0.25) is 0 Å². The molecule has 0 spiro atoms. The van der Waals surface area contributed by atoms with Crippen LogP contribution in [0, 0.1) is 0 Å². The van der Waals surface area contributed by atoms with E-state index in [9.17, 15) is 0 Å². The Labute approximate surface area is 326 Å². The molecule has 8 rings (SSSR count). The molecule has 1 nitrogen and oxygen atoms in total. The van der Waals surface area contributed by atoms with Crippen molar-refractivity contribution >= 4 is 40.4 Å². The van der Waals surface area contributed by atoms with Gasteiger partial charge in [-0.15, -0.1) is 0 Å². The highest BCUT2D eigenvalue weighted by Gasteiger charge is 2.17. The molecule has 266 valence electrons. The Hall–Kier alpha value is -6.70. The lowest BCUT2D eigenvalue weighted by molar-refractivity contribution is 0.685. The van der Waals surface area contributed by atoms with Gasteiger partial charge >= 0.3 is 0 Å². The van der Waals surface area contributed by atoms with Crippen molar-refractivity contribution in [2.45, 2.75) is 25.7 Å². The van der Waals surface area contributed by atoms with Gasteiger partial charge in [-0.1, -0.05) is 188 Å².